The van der Waals surface area contributed by atoms with Crippen LogP contribution in [0, 0.1) is 44.8 Å². The van der Waals surface area contributed by atoms with E-state index in [1.807, 2.05) is 26.8 Å². The van der Waals surface area contributed by atoms with Crippen LogP contribution < -0.4 is 0 Å². The number of carbonyl (C=O) groups excluding carboxylic acids is 2. The molecule has 3 saturated heterocycles. The predicted octanol–water partition coefficient (Wildman–Crippen LogP) is -1.01. The fourth-order valence-electron chi connectivity index (χ4n) is 15.9. The van der Waals surface area contributed by atoms with Gasteiger partial charge in [0.25, 0.3) is 0 Å². The normalized spacial score (nSPS) is 50.2. The van der Waals surface area contributed by atoms with Gasteiger partial charge in [-0.05, 0) is 102 Å². The number of aliphatic hydroxyl groups excluding tert-OH is 11. The molecule has 0 aromatic carbocycles. The largest absolute Gasteiger partial charge is 0.479 e. The molecule has 24 heteroatoms. The molecule has 3 heterocycles. The van der Waals surface area contributed by atoms with E-state index >= 15 is 0 Å². The molecule has 3 aliphatic heterocycles. The van der Waals surface area contributed by atoms with Crippen molar-refractivity contribution in [1.29, 1.82) is 0 Å². The first-order valence-corrected chi connectivity index (χ1v) is 27.9. The summed E-state index contributed by atoms with van der Waals surface area (Å²) in [6, 6.07) is 0. The lowest BCUT2D eigenvalue weighted by Crippen LogP contribution is -2.77. The molecule has 3 unspecified atom stereocenters. The third-order valence-electron chi connectivity index (χ3n) is 21.0. The van der Waals surface area contributed by atoms with E-state index in [0.29, 0.717) is 31.3 Å². The van der Waals surface area contributed by atoms with Gasteiger partial charge in [-0.25, -0.2) is 14.4 Å². The van der Waals surface area contributed by atoms with Gasteiger partial charge in [0.15, 0.2) is 31.1 Å². The average Bonchev–Trinajstić information content (AvgIpc) is 3.72. The lowest BCUT2D eigenvalue weighted by Gasteiger charge is -2.73. The van der Waals surface area contributed by atoms with Crippen LogP contribution in [-0.4, -0.2) is 226 Å². The van der Waals surface area contributed by atoms with E-state index in [2.05, 4.69) is 13.8 Å². The van der Waals surface area contributed by atoms with E-state index in [4.69, 9.17) is 37.9 Å². The summed E-state index contributed by atoms with van der Waals surface area (Å²) in [4.78, 5) is 40.2. The number of aliphatic carboxylic acids is 1. The van der Waals surface area contributed by atoms with Crippen LogP contribution in [0.15, 0.2) is 34.9 Å². The fraction of sp³-hybridized carbons (Fsp3) is 0.839. The average molecular weight is 1140 g/mol. The molecule has 24 nitrogen and oxygen atoms in total. The van der Waals surface area contributed by atoms with E-state index in [1.165, 1.54) is 0 Å². The standard InChI is InChI=1S/C56H86O24/c1-11-23(3)46(70)79-43-44(80-47(71)24(4)12-2)56(22-59)26(19-51(43,5)6)25-13-14-29-52(7)17-16-31(55(10,72)30(52)15-18-53(29,8)54(25,9)41(66)42(56)67)75-50-40(78-49-36(64)34(62)32(60)27(20-57)73-49)38(37(65)39(77-50)45(68)69)76-48-35(63)33(61)28(21-58)74-48/h11-13,26-44,48-50,57-67,72H,14-22H2,1-10H3,(H,68,69)/b23-11+,24-12+/t26?,27-,28+,29?,30?,31+,32-,33+,34+,35-,36-,37+,38+,39+,40-,41+,42-,43+,44+,48+,49+,50-,52-,53-,54+,55-,56+/m1/s1. The van der Waals surface area contributed by atoms with Crippen molar-refractivity contribution in [2.24, 2.45) is 44.8 Å². The Bertz CT molecular complexity index is 2390. The number of esters is 2. The molecule has 0 amide bonds. The SMILES string of the molecule is C/C=C(\C)C(=O)O[C@H]1[C@H](OC(=O)/C(C)=C/C)[C@@]2(CO)C(CC1(C)C)C1=CCC3[C@@]4(C)CC[C@H](O[C@@H]5O[C@H](C(=O)O)[C@@H](O)[C@H](O[C@@H]6O[C@@H](CO)[C@H](O)[C@H]6O)[C@H]5O[C@@H]5O[C@H](CO)[C@@H](O)[C@H](O)[C@H]5O)[C@](C)(O)C4CC[C@@]3(C)[C@]1(C)[C@@H](O)[C@H]2O. The summed E-state index contributed by atoms with van der Waals surface area (Å²) >= 11 is 0. The van der Waals surface area contributed by atoms with Crippen LogP contribution in [0.1, 0.15) is 108 Å². The van der Waals surface area contributed by atoms with E-state index in [1.54, 1.807) is 46.8 Å². The summed E-state index contributed by atoms with van der Waals surface area (Å²) in [5, 5.41) is 147. The Balaban J connectivity index is 1.14. The van der Waals surface area contributed by atoms with E-state index < -0.39 is 199 Å². The minimum absolute atomic E-state index is 0.0637. The Morgan fingerprint density at radius 3 is 1.73 bits per heavy atom. The van der Waals surface area contributed by atoms with Gasteiger partial charge in [-0.1, -0.05) is 58.4 Å². The summed E-state index contributed by atoms with van der Waals surface area (Å²) < 4.78 is 48.4. The first kappa shape index (κ1) is 62.9. The van der Waals surface area contributed by atoms with Gasteiger partial charge in [-0.15, -0.1) is 0 Å². The molecular formula is C56H86O24. The van der Waals surface area contributed by atoms with Crippen molar-refractivity contribution < 1.29 is 119 Å². The molecule has 5 aliphatic carbocycles. The van der Waals surface area contributed by atoms with Gasteiger partial charge in [0, 0.05) is 22.0 Å². The van der Waals surface area contributed by atoms with Crippen molar-refractivity contribution >= 4 is 17.9 Å². The molecule has 27 atom stereocenters. The number of carbonyl (C=O) groups is 3. The number of fused-ring (bicyclic) bond motifs is 7. The molecule has 0 radical (unpaired) electrons. The summed E-state index contributed by atoms with van der Waals surface area (Å²) in [6.07, 6.45) is -26.5. The zero-order valence-corrected chi connectivity index (χ0v) is 47.1. The maximum Gasteiger partial charge on any atom is 0.335 e. The molecule has 0 aromatic heterocycles. The second kappa shape index (κ2) is 22.7. The van der Waals surface area contributed by atoms with Gasteiger partial charge in [0.1, 0.15) is 67.1 Å². The first-order chi connectivity index (χ1) is 37.3. The zero-order chi connectivity index (χ0) is 59.3. The topological polar surface area (TPSA) is 388 Å². The molecule has 4 saturated carbocycles. The number of aliphatic hydroxyl groups is 12. The smallest absolute Gasteiger partial charge is 0.335 e. The highest BCUT2D eigenvalue weighted by Crippen LogP contribution is 2.75. The number of hydrogen-bond acceptors (Lipinski definition) is 23. The number of carboxylic acids is 1. The minimum Gasteiger partial charge on any atom is -0.479 e. The maximum atomic E-state index is 13.8. The minimum atomic E-state index is -2.19. The third-order valence-corrected chi connectivity index (χ3v) is 21.0. The Labute approximate surface area is 464 Å². The van der Waals surface area contributed by atoms with E-state index in [0.717, 1.165) is 5.57 Å². The fourth-order valence-corrected chi connectivity index (χ4v) is 15.9. The van der Waals surface area contributed by atoms with Gasteiger partial charge in [0.05, 0.1) is 49.1 Å². The second-order valence-electron chi connectivity index (χ2n) is 25.4. The molecule has 13 N–H and O–H groups in total. The highest BCUT2D eigenvalue weighted by molar-refractivity contribution is 5.89. The van der Waals surface area contributed by atoms with Crippen LogP contribution >= 0.6 is 0 Å². The van der Waals surface area contributed by atoms with Crippen molar-refractivity contribution in [2.75, 3.05) is 19.8 Å². The number of carboxylic acid groups (broad SMARTS) is 1. The van der Waals surface area contributed by atoms with Crippen molar-refractivity contribution in [3.05, 3.63) is 34.9 Å². The van der Waals surface area contributed by atoms with Crippen molar-refractivity contribution in [1.82, 2.24) is 0 Å². The monoisotopic (exact) mass is 1140 g/mol. The number of hydrogen-bond donors (Lipinski definition) is 13. The van der Waals surface area contributed by atoms with Gasteiger partial charge in [-0.2, -0.15) is 0 Å². The predicted molar refractivity (Wildman–Crippen MR) is 274 cm³/mol. The number of ether oxygens (including phenoxy) is 8. The van der Waals surface area contributed by atoms with Crippen molar-refractivity contribution in [2.45, 2.75) is 230 Å². The number of rotatable bonds is 14. The molecule has 8 aliphatic rings. The Morgan fingerprint density at radius 1 is 0.650 bits per heavy atom. The molecule has 8 rings (SSSR count). The van der Waals surface area contributed by atoms with Crippen molar-refractivity contribution in [3.8, 4) is 0 Å². The molecule has 0 spiro atoms. The molecule has 80 heavy (non-hydrogen) atoms. The molecule has 454 valence electrons. The van der Waals surface area contributed by atoms with E-state index in [9.17, 15) is 80.8 Å². The van der Waals surface area contributed by atoms with Crippen LogP contribution in [0.25, 0.3) is 0 Å². The summed E-state index contributed by atoms with van der Waals surface area (Å²) in [5.41, 5.74) is -6.02. The van der Waals surface area contributed by atoms with E-state index in [-0.39, 0.29) is 24.3 Å². The Morgan fingerprint density at radius 2 is 1.19 bits per heavy atom. The lowest BCUT2D eigenvalue weighted by atomic mass is 9.33. The molecule has 0 aromatic rings. The van der Waals surface area contributed by atoms with Gasteiger partial charge < -0.3 is 104 Å². The third kappa shape index (κ3) is 9.75. The van der Waals surface area contributed by atoms with Crippen LogP contribution in [0.3, 0.4) is 0 Å². The van der Waals surface area contributed by atoms with Crippen LogP contribution in [-0.2, 0) is 52.3 Å². The highest BCUT2D eigenvalue weighted by Gasteiger charge is 2.77. The molecule has 0 bridgehead atoms. The summed E-state index contributed by atoms with van der Waals surface area (Å²) in [7, 11) is 0. The molecular weight excluding hydrogens is 1060 g/mol. The summed E-state index contributed by atoms with van der Waals surface area (Å²) in [5.74, 6) is -4.78. The van der Waals surface area contributed by atoms with Gasteiger partial charge >= 0.3 is 17.9 Å². The Kier molecular flexibility index (Phi) is 17.9. The second-order valence-corrected chi connectivity index (χ2v) is 25.4. The van der Waals surface area contributed by atoms with Gasteiger partial charge in [0.2, 0.25) is 0 Å². The molecule has 7 fully saturated rings. The van der Waals surface area contributed by atoms with Crippen LogP contribution in [0.4, 0.5) is 0 Å². The van der Waals surface area contributed by atoms with Crippen LogP contribution in [0.2, 0.25) is 0 Å². The van der Waals surface area contributed by atoms with Gasteiger partial charge in [-0.3, -0.25) is 0 Å². The Hall–Kier alpha value is -3.09. The van der Waals surface area contributed by atoms with Crippen molar-refractivity contribution in [3.63, 3.8) is 0 Å². The quantitative estimate of drug-likeness (QED) is 0.0429. The summed E-state index contributed by atoms with van der Waals surface area (Å²) in [6.45, 7) is 15.4. The first-order valence-electron chi connectivity index (χ1n) is 27.9. The van der Waals surface area contributed by atoms with Crippen LogP contribution in [0.5, 0.6) is 0 Å². The zero-order valence-electron chi connectivity index (χ0n) is 47.1. The number of allylic oxidation sites excluding steroid dienone is 3. The maximum absolute atomic E-state index is 13.8. The highest BCUT2D eigenvalue weighted by atomic mass is 16.8. The lowest BCUT2D eigenvalue weighted by molar-refractivity contribution is -0.388.